The molecule has 1 fully saturated rings. The van der Waals surface area contributed by atoms with Crippen LogP contribution < -0.4 is 10.6 Å². The van der Waals surface area contributed by atoms with Gasteiger partial charge in [-0.3, -0.25) is 0 Å². The van der Waals surface area contributed by atoms with Crippen molar-refractivity contribution in [2.75, 3.05) is 25.1 Å². The summed E-state index contributed by atoms with van der Waals surface area (Å²) in [5, 5.41) is 14.6. The van der Waals surface area contributed by atoms with Gasteiger partial charge in [-0.15, -0.1) is 0 Å². The molecular formula is C15H20N2O4. The lowest BCUT2D eigenvalue weighted by atomic mass is 10.0. The number of nitrogens with one attached hydrogen (secondary N) is 2. The van der Waals surface area contributed by atoms with Crippen LogP contribution >= 0.6 is 0 Å². The third kappa shape index (κ3) is 3.95. The van der Waals surface area contributed by atoms with Crippen LogP contribution in [0.25, 0.3) is 0 Å². The first-order valence-corrected chi connectivity index (χ1v) is 6.94. The maximum atomic E-state index is 11.9. The summed E-state index contributed by atoms with van der Waals surface area (Å²) >= 11 is 0. The molecule has 0 aromatic heterocycles. The lowest BCUT2D eigenvalue weighted by Gasteiger charge is -2.15. The van der Waals surface area contributed by atoms with Crippen LogP contribution in [0, 0.1) is 19.8 Å². The number of hydrogen-bond donors (Lipinski definition) is 3. The summed E-state index contributed by atoms with van der Waals surface area (Å²) in [5.41, 5.74) is 2.02. The Labute approximate surface area is 123 Å². The second kappa shape index (κ2) is 6.58. The van der Waals surface area contributed by atoms with Crippen LogP contribution in [0.3, 0.4) is 0 Å². The van der Waals surface area contributed by atoms with Crippen molar-refractivity contribution in [3.8, 4) is 0 Å². The maximum Gasteiger partial charge on any atom is 0.337 e. The van der Waals surface area contributed by atoms with E-state index in [1.165, 1.54) is 0 Å². The smallest absolute Gasteiger partial charge is 0.337 e. The van der Waals surface area contributed by atoms with Gasteiger partial charge in [-0.25, -0.2) is 9.59 Å². The molecule has 0 spiro atoms. The zero-order valence-electron chi connectivity index (χ0n) is 12.2. The van der Waals surface area contributed by atoms with Crippen LogP contribution in [0.2, 0.25) is 0 Å². The van der Waals surface area contributed by atoms with Gasteiger partial charge in [-0.2, -0.15) is 0 Å². The molecule has 114 valence electrons. The van der Waals surface area contributed by atoms with Gasteiger partial charge < -0.3 is 20.5 Å². The quantitative estimate of drug-likeness (QED) is 0.793. The molecule has 6 nitrogen and oxygen atoms in total. The van der Waals surface area contributed by atoms with Crippen molar-refractivity contribution in [2.45, 2.75) is 20.3 Å². The molecule has 1 aliphatic heterocycles. The fourth-order valence-corrected chi connectivity index (χ4v) is 2.44. The van der Waals surface area contributed by atoms with Gasteiger partial charge in [-0.1, -0.05) is 6.07 Å². The lowest BCUT2D eigenvalue weighted by Crippen LogP contribution is -2.34. The Morgan fingerprint density at radius 1 is 1.38 bits per heavy atom. The third-order valence-corrected chi connectivity index (χ3v) is 3.52. The minimum Gasteiger partial charge on any atom is -0.478 e. The standard InChI is InChI=1S/C15H20N2O4/c1-9-5-10(2)13(12(6-9)14(18)19)17-15(20)16-7-11-3-4-21-8-11/h5-6,11H,3-4,7-8H2,1-2H3,(H,18,19)(H2,16,17,20). The largest absolute Gasteiger partial charge is 0.478 e. The molecule has 6 heteroatoms. The van der Waals surface area contributed by atoms with Crippen molar-refractivity contribution in [3.63, 3.8) is 0 Å². The fraction of sp³-hybridized carbons (Fsp3) is 0.467. The lowest BCUT2D eigenvalue weighted by molar-refractivity contribution is 0.0698. The summed E-state index contributed by atoms with van der Waals surface area (Å²) in [4.78, 5) is 23.2. The Balaban J connectivity index is 2.04. The van der Waals surface area contributed by atoms with E-state index in [2.05, 4.69) is 10.6 Å². The van der Waals surface area contributed by atoms with Crippen LogP contribution in [-0.2, 0) is 4.74 Å². The van der Waals surface area contributed by atoms with Crippen molar-refractivity contribution >= 4 is 17.7 Å². The van der Waals surface area contributed by atoms with E-state index in [0.29, 0.717) is 24.8 Å². The highest BCUT2D eigenvalue weighted by atomic mass is 16.5. The molecule has 3 N–H and O–H groups in total. The first-order chi connectivity index (χ1) is 9.97. The van der Waals surface area contributed by atoms with E-state index in [4.69, 9.17) is 4.74 Å². The number of carbonyl (C=O) groups is 2. The van der Waals surface area contributed by atoms with Crippen molar-refractivity contribution in [2.24, 2.45) is 5.92 Å². The number of benzene rings is 1. The Hall–Kier alpha value is -2.08. The van der Waals surface area contributed by atoms with E-state index < -0.39 is 12.0 Å². The van der Waals surface area contributed by atoms with Gasteiger partial charge in [0.2, 0.25) is 0 Å². The molecule has 21 heavy (non-hydrogen) atoms. The van der Waals surface area contributed by atoms with E-state index in [1.54, 1.807) is 13.0 Å². The van der Waals surface area contributed by atoms with Crippen LogP contribution in [0.5, 0.6) is 0 Å². The summed E-state index contributed by atoms with van der Waals surface area (Å²) in [5.74, 6) is -0.727. The second-order valence-electron chi connectivity index (χ2n) is 5.37. The number of aromatic carboxylic acids is 1. The number of amides is 2. The summed E-state index contributed by atoms with van der Waals surface area (Å²) in [6.07, 6.45) is 0.935. The first-order valence-electron chi connectivity index (χ1n) is 6.94. The Morgan fingerprint density at radius 3 is 2.76 bits per heavy atom. The van der Waals surface area contributed by atoms with Crippen LogP contribution in [-0.4, -0.2) is 36.9 Å². The van der Waals surface area contributed by atoms with Gasteiger partial charge in [0.15, 0.2) is 0 Å². The summed E-state index contributed by atoms with van der Waals surface area (Å²) in [6.45, 7) is 5.51. The monoisotopic (exact) mass is 292 g/mol. The molecule has 1 atom stereocenters. The molecule has 1 aromatic rings. The van der Waals surface area contributed by atoms with E-state index >= 15 is 0 Å². The van der Waals surface area contributed by atoms with Crippen LogP contribution in [0.4, 0.5) is 10.5 Å². The van der Waals surface area contributed by atoms with Crippen LogP contribution in [0.15, 0.2) is 12.1 Å². The minimum atomic E-state index is -1.05. The average Bonchev–Trinajstić information content (AvgIpc) is 2.92. The number of urea groups is 1. The summed E-state index contributed by atoms with van der Waals surface area (Å²) in [6, 6.07) is 3.00. The summed E-state index contributed by atoms with van der Waals surface area (Å²) in [7, 11) is 0. The highest BCUT2D eigenvalue weighted by Gasteiger charge is 2.18. The number of carboxylic acids is 1. The number of aryl methyl sites for hydroxylation is 2. The van der Waals surface area contributed by atoms with E-state index in [0.717, 1.165) is 24.2 Å². The average molecular weight is 292 g/mol. The Bertz CT molecular complexity index is 551. The minimum absolute atomic E-state index is 0.104. The molecule has 0 saturated carbocycles. The number of hydrogen-bond acceptors (Lipinski definition) is 3. The van der Waals surface area contributed by atoms with Crippen molar-refractivity contribution in [1.82, 2.24) is 5.32 Å². The Morgan fingerprint density at radius 2 is 2.14 bits per heavy atom. The van der Waals surface area contributed by atoms with E-state index in [-0.39, 0.29) is 5.56 Å². The molecular weight excluding hydrogens is 272 g/mol. The fourth-order valence-electron chi connectivity index (χ4n) is 2.44. The molecule has 1 aromatic carbocycles. The van der Waals surface area contributed by atoms with Crippen LogP contribution in [0.1, 0.15) is 27.9 Å². The highest BCUT2D eigenvalue weighted by Crippen LogP contribution is 2.23. The van der Waals surface area contributed by atoms with Gasteiger partial charge in [0.05, 0.1) is 17.9 Å². The van der Waals surface area contributed by atoms with E-state index in [9.17, 15) is 14.7 Å². The maximum absolute atomic E-state index is 11.9. The predicted molar refractivity (Wildman–Crippen MR) is 78.8 cm³/mol. The number of ether oxygens (including phenoxy) is 1. The SMILES string of the molecule is Cc1cc(C)c(NC(=O)NCC2CCOC2)c(C(=O)O)c1. The first kappa shape index (κ1) is 15.3. The topological polar surface area (TPSA) is 87.7 Å². The molecule has 0 bridgehead atoms. The van der Waals surface area contributed by atoms with E-state index in [1.807, 2.05) is 13.0 Å². The predicted octanol–water partition coefficient (Wildman–Crippen LogP) is 2.16. The van der Waals surface area contributed by atoms with Gasteiger partial charge >= 0.3 is 12.0 Å². The van der Waals surface area contributed by atoms with Gasteiger partial charge in [0.25, 0.3) is 0 Å². The van der Waals surface area contributed by atoms with Gasteiger partial charge in [0, 0.05) is 19.1 Å². The van der Waals surface area contributed by atoms with Crippen molar-refractivity contribution in [1.29, 1.82) is 0 Å². The molecule has 1 saturated heterocycles. The molecule has 1 aliphatic rings. The van der Waals surface area contributed by atoms with Gasteiger partial charge in [-0.05, 0) is 37.5 Å². The molecule has 2 amide bonds. The summed E-state index contributed by atoms with van der Waals surface area (Å²) < 4.78 is 5.24. The number of rotatable bonds is 4. The van der Waals surface area contributed by atoms with Gasteiger partial charge in [0.1, 0.15) is 0 Å². The molecule has 0 radical (unpaired) electrons. The zero-order chi connectivity index (χ0) is 15.4. The van der Waals surface area contributed by atoms with Crippen molar-refractivity contribution < 1.29 is 19.4 Å². The number of anilines is 1. The number of carbonyl (C=O) groups excluding carboxylic acids is 1. The van der Waals surface area contributed by atoms with Crippen molar-refractivity contribution in [3.05, 3.63) is 28.8 Å². The third-order valence-electron chi connectivity index (χ3n) is 3.52. The number of carboxylic acid groups (broad SMARTS) is 1. The molecule has 1 heterocycles. The highest BCUT2D eigenvalue weighted by molar-refractivity contribution is 6.01. The normalized spacial score (nSPS) is 17.5. The Kier molecular flexibility index (Phi) is 4.80. The molecule has 2 rings (SSSR count). The second-order valence-corrected chi connectivity index (χ2v) is 5.37. The molecule has 0 aliphatic carbocycles. The zero-order valence-corrected chi connectivity index (χ0v) is 12.2. The molecule has 1 unspecified atom stereocenters.